The maximum absolute atomic E-state index is 12.3. The van der Waals surface area contributed by atoms with Crippen molar-refractivity contribution in [3.05, 3.63) is 71.4 Å². The highest BCUT2D eigenvalue weighted by Gasteiger charge is 2.09. The van der Waals surface area contributed by atoms with Gasteiger partial charge in [-0.15, -0.1) is 0 Å². The SMILES string of the molecule is COc1ccc(C)cc1CCNC(=O)c1ccc2ccccc2n1. The highest BCUT2D eigenvalue weighted by Crippen LogP contribution is 2.19. The molecule has 4 heteroatoms. The van der Waals surface area contributed by atoms with Crippen LogP contribution in [-0.2, 0) is 6.42 Å². The number of methoxy groups -OCH3 is 1. The number of nitrogens with one attached hydrogen (secondary N) is 1. The second kappa shape index (κ2) is 7.13. The molecule has 4 nitrogen and oxygen atoms in total. The summed E-state index contributed by atoms with van der Waals surface area (Å²) in [5, 5.41) is 3.95. The van der Waals surface area contributed by atoms with E-state index in [2.05, 4.69) is 16.4 Å². The fourth-order valence-electron chi connectivity index (χ4n) is 2.70. The number of ether oxygens (including phenoxy) is 1. The molecule has 3 rings (SSSR count). The summed E-state index contributed by atoms with van der Waals surface area (Å²) in [5.41, 5.74) is 3.52. The van der Waals surface area contributed by atoms with Gasteiger partial charge in [-0.1, -0.05) is 42.0 Å². The van der Waals surface area contributed by atoms with Gasteiger partial charge in [0.05, 0.1) is 12.6 Å². The van der Waals surface area contributed by atoms with Gasteiger partial charge in [0.15, 0.2) is 0 Å². The molecule has 0 aliphatic carbocycles. The van der Waals surface area contributed by atoms with Crippen molar-refractivity contribution < 1.29 is 9.53 Å². The van der Waals surface area contributed by atoms with E-state index in [0.717, 1.165) is 22.2 Å². The largest absolute Gasteiger partial charge is 0.496 e. The van der Waals surface area contributed by atoms with Gasteiger partial charge >= 0.3 is 0 Å². The number of hydrogen-bond donors (Lipinski definition) is 1. The lowest BCUT2D eigenvalue weighted by atomic mass is 10.1. The number of aryl methyl sites for hydroxylation is 1. The van der Waals surface area contributed by atoms with E-state index >= 15 is 0 Å². The Kier molecular flexibility index (Phi) is 4.75. The normalized spacial score (nSPS) is 10.6. The van der Waals surface area contributed by atoms with Crippen LogP contribution in [0.2, 0.25) is 0 Å². The highest BCUT2D eigenvalue weighted by atomic mass is 16.5. The molecular formula is C20H20N2O2. The predicted molar refractivity (Wildman–Crippen MR) is 95.5 cm³/mol. The van der Waals surface area contributed by atoms with Crippen LogP contribution in [0.1, 0.15) is 21.6 Å². The predicted octanol–water partition coefficient (Wildman–Crippen LogP) is 3.52. The number of fused-ring (bicyclic) bond motifs is 1. The Morgan fingerprint density at radius 3 is 2.79 bits per heavy atom. The highest BCUT2D eigenvalue weighted by molar-refractivity contribution is 5.94. The van der Waals surface area contributed by atoms with Gasteiger partial charge in [0, 0.05) is 11.9 Å². The fraction of sp³-hybridized carbons (Fsp3) is 0.200. The third-order valence-corrected chi connectivity index (χ3v) is 3.95. The Balaban J connectivity index is 1.66. The molecular weight excluding hydrogens is 300 g/mol. The van der Waals surface area contributed by atoms with Crippen molar-refractivity contribution in [2.45, 2.75) is 13.3 Å². The zero-order chi connectivity index (χ0) is 16.9. The quantitative estimate of drug-likeness (QED) is 0.782. The van der Waals surface area contributed by atoms with Crippen molar-refractivity contribution in [2.75, 3.05) is 13.7 Å². The van der Waals surface area contributed by atoms with Crippen molar-refractivity contribution in [2.24, 2.45) is 0 Å². The molecule has 0 aliphatic rings. The minimum absolute atomic E-state index is 0.160. The molecule has 24 heavy (non-hydrogen) atoms. The molecule has 3 aromatic rings. The maximum Gasteiger partial charge on any atom is 0.269 e. The summed E-state index contributed by atoms with van der Waals surface area (Å²) in [5.74, 6) is 0.686. The van der Waals surface area contributed by atoms with Crippen LogP contribution in [-0.4, -0.2) is 24.5 Å². The molecule has 0 saturated carbocycles. The summed E-state index contributed by atoms with van der Waals surface area (Å²) in [4.78, 5) is 16.7. The van der Waals surface area contributed by atoms with Crippen LogP contribution in [0.25, 0.3) is 10.9 Å². The Hall–Kier alpha value is -2.88. The second-order valence-corrected chi connectivity index (χ2v) is 5.71. The summed E-state index contributed by atoms with van der Waals surface area (Å²) < 4.78 is 5.37. The van der Waals surface area contributed by atoms with Crippen molar-refractivity contribution >= 4 is 16.8 Å². The molecule has 0 fully saturated rings. The number of nitrogens with zero attached hydrogens (tertiary/aromatic N) is 1. The number of aromatic nitrogens is 1. The summed E-state index contributed by atoms with van der Waals surface area (Å²) in [6.07, 6.45) is 0.712. The zero-order valence-corrected chi connectivity index (χ0v) is 13.9. The van der Waals surface area contributed by atoms with Crippen LogP contribution in [0, 0.1) is 6.92 Å². The van der Waals surface area contributed by atoms with Crippen molar-refractivity contribution in [3.63, 3.8) is 0 Å². The van der Waals surface area contributed by atoms with E-state index in [1.807, 2.05) is 49.4 Å². The van der Waals surface area contributed by atoms with E-state index in [9.17, 15) is 4.79 Å². The lowest BCUT2D eigenvalue weighted by Gasteiger charge is -2.10. The average Bonchev–Trinajstić information content (AvgIpc) is 2.61. The van der Waals surface area contributed by atoms with Gasteiger partial charge in [-0.25, -0.2) is 4.98 Å². The zero-order valence-electron chi connectivity index (χ0n) is 13.9. The van der Waals surface area contributed by atoms with Crippen LogP contribution in [0.3, 0.4) is 0 Å². The van der Waals surface area contributed by atoms with Gasteiger partial charge in [0.25, 0.3) is 5.91 Å². The van der Waals surface area contributed by atoms with E-state index in [1.54, 1.807) is 13.2 Å². The molecule has 0 radical (unpaired) electrons. The van der Waals surface area contributed by atoms with Gasteiger partial charge < -0.3 is 10.1 Å². The number of amides is 1. The summed E-state index contributed by atoms with van der Waals surface area (Å²) in [6.45, 7) is 2.58. The lowest BCUT2D eigenvalue weighted by molar-refractivity contribution is 0.0949. The minimum Gasteiger partial charge on any atom is -0.496 e. The Bertz CT molecular complexity index is 874. The number of carbonyl (C=O) groups excluding carboxylic acids is 1. The van der Waals surface area contributed by atoms with Crippen molar-refractivity contribution in [1.29, 1.82) is 0 Å². The first kappa shape index (κ1) is 16.0. The van der Waals surface area contributed by atoms with Gasteiger partial charge in [-0.2, -0.15) is 0 Å². The lowest BCUT2D eigenvalue weighted by Crippen LogP contribution is -2.26. The minimum atomic E-state index is -0.160. The summed E-state index contributed by atoms with van der Waals surface area (Å²) in [6, 6.07) is 17.5. The Morgan fingerprint density at radius 2 is 1.96 bits per heavy atom. The number of carbonyl (C=O) groups is 1. The monoisotopic (exact) mass is 320 g/mol. The van der Waals surface area contributed by atoms with Gasteiger partial charge in [-0.05, 0) is 37.1 Å². The first-order valence-electron chi connectivity index (χ1n) is 7.95. The molecule has 0 aliphatic heterocycles. The summed E-state index contributed by atoms with van der Waals surface area (Å²) >= 11 is 0. The molecule has 122 valence electrons. The van der Waals surface area contributed by atoms with E-state index in [-0.39, 0.29) is 5.91 Å². The molecule has 1 amide bonds. The smallest absolute Gasteiger partial charge is 0.269 e. The van der Waals surface area contributed by atoms with Crippen molar-refractivity contribution in [1.82, 2.24) is 10.3 Å². The van der Waals surface area contributed by atoms with Crippen LogP contribution in [0.5, 0.6) is 5.75 Å². The topological polar surface area (TPSA) is 51.2 Å². The molecule has 1 N–H and O–H groups in total. The fourth-order valence-corrected chi connectivity index (χ4v) is 2.70. The number of benzene rings is 2. The number of hydrogen-bond acceptors (Lipinski definition) is 3. The molecule has 0 bridgehead atoms. The number of pyridine rings is 1. The van der Waals surface area contributed by atoms with E-state index < -0.39 is 0 Å². The molecule has 0 saturated heterocycles. The Morgan fingerprint density at radius 1 is 1.12 bits per heavy atom. The Labute approximate surface area is 141 Å². The van der Waals surface area contributed by atoms with E-state index in [1.165, 1.54) is 5.56 Å². The molecule has 0 spiro atoms. The van der Waals surface area contributed by atoms with Crippen LogP contribution < -0.4 is 10.1 Å². The molecule has 1 heterocycles. The number of para-hydroxylation sites is 1. The first-order valence-corrected chi connectivity index (χ1v) is 7.95. The van der Waals surface area contributed by atoms with Gasteiger partial charge in [0.1, 0.15) is 11.4 Å². The number of rotatable bonds is 5. The van der Waals surface area contributed by atoms with E-state index in [4.69, 9.17) is 4.74 Å². The average molecular weight is 320 g/mol. The van der Waals surface area contributed by atoms with Gasteiger partial charge in [0.2, 0.25) is 0 Å². The first-order chi connectivity index (χ1) is 11.7. The van der Waals surface area contributed by atoms with Crippen LogP contribution in [0.15, 0.2) is 54.6 Å². The second-order valence-electron chi connectivity index (χ2n) is 5.71. The molecule has 2 aromatic carbocycles. The maximum atomic E-state index is 12.3. The van der Waals surface area contributed by atoms with Crippen molar-refractivity contribution in [3.8, 4) is 5.75 Å². The third-order valence-electron chi connectivity index (χ3n) is 3.95. The summed E-state index contributed by atoms with van der Waals surface area (Å²) in [7, 11) is 1.66. The van der Waals surface area contributed by atoms with Crippen LogP contribution in [0.4, 0.5) is 0 Å². The standard InChI is InChI=1S/C20H20N2O2/c1-14-7-10-19(24-2)16(13-14)11-12-21-20(23)18-9-8-15-5-3-4-6-17(15)22-18/h3-10,13H,11-12H2,1-2H3,(H,21,23). The molecule has 0 unspecified atom stereocenters. The molecule has 0 atom stereocenters. The van der Waals surface area contributed by atoms with Crippen LogP contribution >= 0.6 is 0 Å². The van der Waals surface area contributed by atoms with E-state index in [0.29, 0.717) is 18.7 Å². The van der Waals surface area contributed by atoms with Gasteiger partial charge in [-0.3, -0.25) is 4.79 Å². The molecule has 1 aromatic heterocycles. The third kappa shape index (κ3) is 3.54.